The first-order valence-corrected chi connectivity index (χ1v) is 13.3. The summed E-state index contributed by atoms with van der Waals surface area (Å²) in [4.78, 5) is 36.6. The number of fused-ring (bicyclic) bond motifs is 6. The molecule has 3 aliphatic rings. The Morgan fingerprint density at radius 2 is 1.95 bits per heavy atom. The molecule has 1 unspecified atom stereocenters. The molecule has 10 nitrogen and oxygen atoms in total. The number of aromatic nitrogens is 2. The summed E-state index contributed by atoms with van der Waals surface area (Å²) in [5.41, 5.74) is 3.21. The van der Waals surface area contributed by atoms with Crippen LogP contribution in [0.15, 0.2) is 73.2 Å². The molecule has 7 rings (SSSR count). The SMILES string of the molecule is COc1ccc2cc1OCCCNC(=O)c1cc(ccc1O)Oc1ccc3c(c1)CCN(C(=O)c1cnccn1)C23. The van der Waals surface area contributed by atoms with Gasteiger partial charge in [-0.3, -0.25) is 14.6 Å². The number of phenolic OH excluding ortho intramolecular Hbond substituents is 1. The normalized spacial score (nSPS) is 16.5. The fraction of sp³-hybridized carbons (Fsp3) is 0.226. The average Bonchev–Trinajstić information content (AvgIpc) is 3.00. The van der Waals surface area contributed by atoms with Gasteiger partial charge in [-0.1, -0.05) is 12.1 Å². The number of phenols is 1. The number of aromatic hydroxyl groups is 1. The van der Waals surface area contributed by atoms with Crippen LogP contribution in [0.1, 0.15) is 50.0 Å². The molecule has 1 aromatic heterocycles. The van der Waals surface area contributed by atoms with Crippen molar-refractivity contribution in [2.75, 3.05) is 26.8 Å². The van der Waals surface area contributed by atoms with Crippen LogP contribution in [0.25, 0.3) is 0 Å². The molecular formula is C31H28N4O6. The van der Waals surface area contributed by atoms with E-state index < -0.39 is 11.9 Å². The van der Waals surface area contributed by atoms with Gasteiger partial charge in [0.2, 0.25) is 0 Å². The van der Waals surface area contributed by atoms with Gasteiger partial charge in [0.05, 0.1) is 31.5 Å². The molecule has 0 aliphatic carbocycles. The third kappa shape index (κ3) is 5.23. The summed E-state index contributed by atoms with van der Waals surface area (Å²) in [7, 11) is 1.57. The molecule has 0 radical (unpaired) electrons. The molecule has 4 heterocycles. The van der Waals surface area contributed by atoms with Gasteiger partial charge in [-0.15, -0.1) is 0 Å². The minimum atomic E-state index is -0.422. The van der Waals surface area contributed by atoms with Crippen LogP contribution in [-0.4, -0.2) is 58.6 Å². The first kappa shape index (κ1) is 26.1. The summed E-state index contributed by atoms with van der Waals surface area (Å²) in [6.07, 6.45) is 5.63. The van der Waals surface area contributed by atoms with Crippen molar-refractivity contribution >= 4 is 11.8 Å². The lowest BCUT2D eigenvalue weighted by Crippen LogP contribution is -2.41. The Balaban J connectivity index is 1.46. The van der Waals surface area contributed by atoms with Crippen molar-refractivity contribution in [3.8, 4) is 28.7 Å². The Morgan fingerprint density at radius 1 is 1.10 bits per heavy atom. The zero-order valence-electron chi connectivity index (χ0n) is 22.4. The molecule has 208 valence electrons. The van der Waals surface area contributed by atoms with Gasteiger partial charge < -0.3 is 29.5 Å². The van der Waals surface area contributed by atoms with Crippen LogP contribution in [0.2, 0.25) is 0 Å². The van der Waals surface area contributed by atoms with E-state index in [1.165, 1.54) is 30.7 Å². The van der Waals surface area contributed by atoms with Crippen molar-refractivity contribution in [2.45, 2.75) is 18.9 Å². The van der Waals surface area contributed by atoms with Gasteiger partial charge in [0.25, 0.3) is 11.8 Å². The number of nitrogens with one attached hydrogen (secondary N) is 1. The Bertz CT molecular complexity index is 1610. The largest absolute Gasteiger partial charge is 0.507 e. The number of benzene rings is 3. The molecule has 0 fully saturated rings. The Hall–Kier alpha value is -5.12. The fourth-order valence-electron chi connectivity index (χ4n) is 5.23. The molecule has 3 aromatic carbocycles. The summed E-state index contributed by atoms with van der Waals surface area (Å²) in [5.74, 6) is 1.32. The number of ether oxygens (including phenoxy) is 3. The summed E-state index contributed by atoms with van der Waals surface area (Å²) in [6, 6.07) is 15.5. The van der Waals surface area contributed by atoms with Gasteiger partial charge in [-0.2, -0.15) is 0 Å². The summed E-state index contributed by atoms with van der Waals surface area (Å²) in [5, 5.41) is 13.1. The molecule has 10 heteroatoms. The highest BCUT2D eigenvalue weighted by Crippen LogP contribution is 2.41. The van der Waals surface area contributed by atoms with Crippen LogP contribution < -0.4 is 19.5 Å². The molecule has 41 heavy (non-hydrogen) atoms. The molecule has 1 atom stereocenters. The molecule has 0 saturated carbocycles. The molecular weight excluding hydrogens is 524 g/mol. The molecule has 8 bridgehead atoms. The topological polar surface area (TPSA) is 123 Å². The lowest BCUT2D eigenvalue weighted by atomic mass is 9.87. The number of amides is 2. The van der Waals surface area contributed by atoms with E-state index in [9.17, 15) is 14.7 Å². The summed E-state index contributed by atoms with van der Waals surface area (Å²) >= 11 is 0. The fourth-order valence-corrected chi connectivity index (χ4v) is 5.23. The van der Waals surface area contributed by atoms with Crippen LogP contribution in [-0.2, 0) is 6.42 Å². The number of carbonyl (C=O) groups excluding carboxylic acids is 2. The number of methoxy groups -OCH3 is 1. The maximum atomic E-state index is 13.7. The highest BCUT2D eigenvalue weighted by Gasteiger charge is 2.34. The quantitative estimate of drug-likeness (QED) is 0.378. The standard InChI is InChI=1S/C31H28N4O6/c1-39-27-8-3-20-16-28(27)40-14-2-10-34-30(37)24-17-22(5-7-26(24)36)41-21-4-6-23-19(15-21)9-13-35(29(20)23)31(38)25-18-32-11-12-33-25/h3-8,11-12,15-18,29,36H,2,9-10,13-14H2,1H3,(H,34,37). The van der Waals surface area contributed by atoms with Crippen molar-refractivity contribution in [2.24, 2.45) is 0 Å². The third-order valence-electron chi connectivity index (χ3n) is 7.20. The minimum Gasteiger partial charge on any atom is -0.507 e. The smallest absolute Gasteiger partial charge is 0.274 e. The zero-order chi connectivity index (χ0) is 28.3. The monoisotopic (exact) mass is 552 g/mol. The van der Waals surface area contributed by atoms with Crippen molar-refractivity contribution in [3.63, 3.8) is 0 Å². The number of carbonyl (C=O) groups is 2. The van der Waals surface area contributed by atoms with Gasteiger partial charge in [0, 0.05) is 25.5 Å². The maximum absolute atomic E-state index is 13.7. The predicted octanol–water partition coefficient (Wildman–Crippen LogP) is 4.28. The maximum Gasteiger partial charge on any atom is 0.274 e. The Labute approximate surface area is 236 Å². The van der Waals surface area contributed by atoms with Crippen LogP contribution in [0.3, 0.4) is 0 Å². The van der Waals surface area contributed by atoms with E-state index in [0.717, 1.165) is 16.7 Å². The van der Waals surface area contributed by atoms with E-state index in [0.29, 0.717) is 55.5 Å². The van der Waals surface area contributed by atoms with Crippen molar-refractivity contribution in [1.82, 2.24) is 20.2 Å². The number of nitrogens with zero attached hydrogens (tertiary/aromatic N) is 3. The van der Waals surface area contributed by atoms with E-state index in [-0.39, 0.29) is 22.9 Å². The molecule has 2 amide bonds. The second-order valence-corrected chi connectivity index (χ2v) is 9.75. The number of hydrogen-bond acceptors (Lipinski definition) is 8. The lowest BCUT2D eigenvalue weighted by molar-refractivity contribution is 0.0687. The highest BCUT2D eigenvalue weighted by atomic mass is 16.5. The highest BCUT2D eigenvalue weighted by molar-refractivity contribution is 5.97. The molecule has 0 saturated heterocycles. The molecule has 2 N–H and O–H groups in total. The zero-order valence-corrected chi connectivity index (χ0v) is 22.4. The first-order valence-electron chi connectivity index (χ1n) is 13.3. The molecule has 3 aliphatic heterocycles. The van der Waals surface area contributed by atoms with Crippen molar-refractivity contribution in [1.29, 1.82) is 0 Å². The van der Waals surface area contributed by atoms with Crippen LogP contribution in [0.5, 0.6) is 28.7 Å². The van der Waals surface area contributed by atoms with E-state index in [2.05, 4.69) is 15.3 Å². The summed E-state index contributed by atoms with van der Waals surface area (Å²) in [6.45, 7) is 1.09. The van der Waals surface area contributed by atoms with Crippen LogP contribution >= 0.6 is 0 Å². The number of hydrogen-bond donors (Lipinski definition) is 2. The lowest BCUT2D eigenvalue weighted by Gasteiger charge is -2.38. The second kappa shape index (κ2) is 11.2. The predicted molar refractivity (Wildman–Crippen MR) is 149 cm³/mol. The Morgan fingerprint density at radius 3 is 2.78 bits per heavy atom. The van der Waals surface area contributed by atoms with Gasteiger partial charge in [0.15, 0.2) is 11.5 Å². The average molecular weight is 553 g/mol. The first-order chi connectivity index (χ1) is 20.0. The number of rotatable bonds is 2. The van der Waals surface area contributed by atoms with Gasteiger partial charge in [0.1, 0.15) is 22.9 Å². The van der Waals surface area contributed by atoms with Gasteiger partial charge in [-0.25, -0.2) is 4.98 Å². The molecule has 0 spiro atoms. The van der Waals surface area contributed by atoms with Gasteiger partial charge >= 0.3 is 0 Å². The summed E-state index contributed by atoms with van der Waals surface area (Å²) < 4.78 is 17.8. The third-order valence-corrected chi connectivity index (χ3v) is 7.20. The minimum absolute atomic E-state index is 0.120. The molecule has 4 aromatic rings. The van der Waals surface area contributed by atoms with E-state index in [1.807, 2.05) is 36.4 Å². The van der Waals surface area contributed by atoms with Crippen LogP contribution in [0.4, 0.5) is 0 Å². The van der Waals surface area contributed by atoms with E-state index >= 15 is 0 Å². The van der Waals surface area contributed by atoms with Crippen molar-refractivity contribution < 1.29 is 28.9 Å². The van der Waals surface area contributed by atoms with E-state index in [1.54, 1.807) is 18.1 Å². The van der Waals surface area contributed by atoms with E-state index in [4.69, 9.17) is 14.2 Å². The Kier molecular flexibility index (Phi) is 7.11. The van der Waals surface area contributed by atoms with Gasteiger partial charge in [-0.05, 0) is 72.0 Å². The second-order valence-electron chi connectivity index (χ2n) is 9.75. The van der Waals surface area contributed by atoms with Crippen LogP contribution in [0, 0.1) is 0 Å². The van der Waals surface area contributed by atoms with Crippen molar-refractivity contribution in [3.05, 3.63) is 101 Å².